The van der Waals surface area contributed by atoms with Crippen molar-refractivity contribution in [1.29, 1.82) is 0 Å². The van der Waals surface area contributed by atoms with E-state index in [-0.39, 0.29) is 13.2 Å². The van der Waals surface area contributed by atoms with Gasteiger partial charge in [-0.3, -0.25) is 9.36 Å². The predicted molar refractivity (Wildman–Crippen MR) is 41.8 cm³/mol. The Morgan fingerprint density at radius 2 is 1.75 bits per heavy atom. The van der Waals surface area contributed by atoms with Crippen LogP contribution in [0.25, 0.3) is 0 Å². The van der Waals surface area contributed by atoms with Crippen molar-refractivity contribution in [3.05, 3.63) is 0 Å². The summed E-state index contributed by atoms with van der Waals surface area (Å²) >= 11 is 0. The van der Waals surface area contributed by atoms with Crippen LogP contribution >= 0.6 is 7.60 Å². The van der Waals surface area contributed by atoms with Gasteiger partial charge < -0.3 is 9.05 Å². The maximum Gasteiger partial charge on any atom is 0.399 e. The summed E-state index contributed by atoms with van der Waals surface area (Å²) in [5, 5.41) is 0. The molecule has 72 valence electrons. The van der Waals surface area contributed by atoms with Crippen molar-refractivity contribution in [2.24, 2.45) is 0 Å². The van der Waals surface area contributed by atoms with Crippen LogP contribution in [-0.2, 0) is 18.4 Å². The summed E-state index contributed by atoms with van der Waals surface area (Å²) in [6.45, 7) is 1.90. The lowest BCUT2D eigenvalue weighted by atomic mass is 10.9. The second kappa shape index (κ2) is 5.41. The van der Waals surface area contributed by atoms with Crippen molar-refractivity contribution in [2.75, 3.05) is 19.9 Å². The Morgan fingerprint density at radius 3 is 2.00 bits per heavy atom. The normalized spacial score (nSPS) is 11.6. The minimum Gasteiger partial charge on any atom is -0.303 e. The van der Waals surface area contributed by atoms with E-state index in [4.69, 9.17) is 0 Å². The molecule has 0 rings (SSSR count). The van der Waals surface area contributed by atoms with E-state index in [0.717, 1.165) is 0 Å². The maximum atomic E-state index is 11.8. The van der Waals surface area contributed by atoms with Crippen LogP contribution in [0.5, 0.6) is 0 Å². The van der Waals surface area contributed by atoms with Gasteiger partial charge in [-0.15, -0.1) is 0 Å². The predicted octanol–water partition coefficient (Wildman–Crippen LogP) is 1.75. The fraction of sp³-hybridized carbons (Fsp3) is 0.833. The van der Waals surface area contributed by atoms with Crippen LogP contribution in [-0.4, -0.2) is 25.4 Å². The molecule has 0 amide bonds. The van der Waals surface area contributed by atoms with Gasteiger partial charge in [0, 0.05) is 0 Å². The van der Waals surface area contributed by atoms with Crippen molar-refractivity contribution in [3.63, 3.8) is 0 Å². The first-order valence-corrected chi connectivity index (χ1v) is 5.13. The summed E-state index contributed by atoms with van der Waals surface area (Å²) in [7, 11) is -3.82. The SMILES string of the molecule is CCOP(=O)(OCC)C(=O)CF. The number of rotatable bonds is 6. The number of halogens is 1. The number of carbonyl (C=O) groups is 1. The zero-order valence-electron chi connectivity index (χ0n) is 7.08. The third-order valence-corrected chi connectivity index (χ3v) is 2.94. The number of hydrogen-bond donors (Lipinski definition) is 0. The van der Waals surface area contributed by atoms with Crippen LogP contribution in [0.3, 0.4) is 0 Å². The summed E-state index contributed by atoms with van der Waals surface area (Å²) < 4.78 is 32.3. The molecule has 0 aliphatic carbocycles. The van der Waals surface area contributed by atoms with Gasteiger partial charge in [0.2, 0.25) is 0 Å². The molecule has 0 saturated heterocycles. The highest BCUT2D eigenvalue weighted by molar-refractivity contribution is 7.71. The molecule has 0 fully saturated rings. The zero-order valence-corrected chi connectivity index (χ0v) is 7.97. The number of hydrogen-bond acceptors (Lipinski definition) is 4. The van der Waals surface area contributed by atoms with Crippen LogP contribution in [0.15, 0.2) is 0 Å². The summed E-state index contributed by atoms with van der Waals surface area (Å²) in [6, 6.07) is 0. The van der Waals surface area contributed by atoms with Crippen molar-refractivity contribution >= 4 is 13.1 Å². The third-order valence-electron chi connectivity index (χ3n) is 1.02. The molecule has 0 aliphatic rings. The monoisotopic (exact) mass is 198 g/mol. The highest BCUT2D eigenvalue weighted by Gasteiger charge is 2.33. The van der Waals surface area contributed by atoms with Crippen LogP contribution in [0, 0.1) is 0 Å². The number of alkyl halides is 1. The van der Waals surface area contributed by atoms with Crippen LogP contribution < -0.4 is 0 Å². The smallest absolute Gasteiger partial charge is 0.303 e. The first-order valence-electron chi connectivity index (χ1n) is 3.59. The molecule has 12 heavy (non-hydrogen) atoms. The summed E-state index contributed by atoms with van der Waals surface area (Å²) in [5.41, 5.74) is -1.12. The molecule has 4 nitrogen and oxygen atoms in total. The third kappa shape index (κ3) is 3.01. The molecule has 0 aromatic carbocycles. The first-order chi connectivity index (χ1) is 5.60. The second-order valence-electron chi connectivity index (χ2n) is 1.86. The minimum atomic E-state index is -3.82. The quantitative estimate of drug-likeness (QED) is 0.610. The van der Waals surface area contributed by atoms with E-state index in [1.807, 2.05) is 0 Å². The molecule has 0 saturated carbocycles. The highest BCUT2D eigenvalue weighted by atomic mass is 31.2. The Labute approximate surface area is 70.6 Å². The first kappa shape index (κ1) is 11.8. The molecule has 6 heteroatoms. The van der Waals surface area contributed by atoms with Gasteiger partial charge in [0.1, 0.15) is 0 Å². The Bertz CT molecular complexity index is 184. The van der Waals surface area contributed by atoms with Crippen LogP contribution in [0.4, 0.5) is 4.39 Å². The van der Waals surface area contributed by atoms with E-state index in [1.54, 1.807) is 13.8 Å². The molecule has 0 spiro atoms. The van der Waals surface area contributed by atoms with Gasteiger partial charge in [-0.1, -0.05) is 0 Å². The Kier molecular flexibility index (Phi) is 5.29. The topological polar surface area (TPSA) is 52.6 Å². The van der Waals surface area contributed by atoms with E-state index in [1.165, 1.54) is 0 Å². The lowest BCUT2D eigenvalue weighted by Gasteiger charge is -2.13. The van der Waals surface area contributed by atoms with Crippen molar-refractivity contribution in [2.45, 2.75) is 13.8 Å². The number of carbonyl (C=O) groups excluding carboxylic acids is 1. The van der Waals surface area contributed by atoms with E-state index >= 15 is 0 Å². The van der Waals surface area contributed by atoms with Gasteiger partial charge >= 0.3 is 7.60 Å². The minimum absolute atomic E-state index is 0.0585. The molecular formula is C6H12FO4P. The summed E-state index contributed by atoms with van der Waals surface area (Å²) in [5.74, 6) is 0. The van der Waals surface area contributed by atoms with Gasteiger partial charge in [0.25, 0.3) is 5.52 Å². The Balaban J connectivity index is 4.38. The van der Waals surface area contributed by atoms with Crippen LogP contribution in [0.2, 0.25) is 0 Å². The van der Waals surface area contributed by atoms with Crippen molar-refractivity contribution in [3.8, 4) is 0 Å². The summed E-state index contributed by atoms with van der Waals surface area (Å²) in [4.78, 5) is 10.7. The van der Waals surface area contributed by atoms with Gasteiger partial charge in [-0.05, 0) is 13.8 Å². The van der Waals surface area contributed by atoms with Gasteiger partial charge in [0.15, 0.2) is 6.67 Å². The molecule has 0 aliphatic heterocycles. The lowest BCUT2D eigenvalue weighted by Crippen LogP contribution is -2.08. The zero-order chi connectivity index (χ0) is 9.61. The van der Waals surface area contributed by atoms with Gasteiger partial charge in [0.05, 0.1) is 13.2 Å². The molecule has 0 heterocycles. The van der Waals surface area contributed by atoms with Crippen LogP contribution in [0.1, 0.15) is 13.8 Å². The van der Waals surface area contributed by atoms with E-state index in [0.29, 0.717) is 0 Å². The van der Waals surface area contributed by atoms with E-state index in [9.17, 15) is 13.8 Å². The Hall–Kier alpha value is -0.250. The standard InChI is InChI=1S/C6H12FO4P/c1-3-10-12(9,11-4-2)6(8)5-7/h3-5H2,1-2H3. The molecule has 0 radical (unpaired) electrons. The maximum absolute atomic E-state index is 11.8. The highest BCUT2D eigenvalue weighted by Crippen LogP contribution is 2.48. The molecule has 0 atom stereocenters. The molecule has 0 unspecified atom stereocenters. The fourth-order valence-corrected chi connectivity index (χ4v) is 1.78. The molecule has 0 aromatic rings. The fourth-order valence-electron chi connectivity index (χ4n) is 0.594. The largest absolute Gasteiger partial charge is 0.399 e. The molecule has 0 bridgehead atoms. The summed E-state index contributed by atoms with van der Waals surface area (Å²) in [6.07, 6.45) is 0. The average Bonchev–Trinajstić information content (AvgIpc) is 2.04. The molecular weight excluding hydrogens is 186 g/mol. The molecule has 0 aromatic heterocycles. The van der Waals surface area contributed by atoms with E-state index in [2.05, 4.69) is 9.05 Å². The van der Waals surface area contributed by atoms with Gasteiger partial charge in [-0.2, -0.15) is 0 Å². The lowest BCUT2D eigenvalue weighted by molar-refractivity contribution is -0.114. The van der Waals surface area contributed by atoms with Crippen molar-refractivity contribution < 1.29 is 22.8 Å². The Morgan fingerprint density at radius 1 is 1.33 bits per heavy atom. The molecule has 0 N–H and O–H groups in total. The van der Waals surface area contributed by atoms with E-state index < -0.39 is 19.8 Å². The second-order valence-corrected chi connectivity index (χ2v) is 3.87. The van der Waals surface area contributed by atoms with Crippen molar-refractivity contribution in [1.82, 2.24) is 0 Å². The van der Waals surface area contributed by atoms with Gasteiger partial charge in [-0.25, -0.2) is 4.39 Å². The average molecular weight is 198 g/mol.